The molecule has 2 fully saturated rings. The highest BCUT2D eigenvalue weighted by Gasteiger charge is 2.42. The van der Waals surface area contributed by atoms with Crippen LogP contribution < -0.4 is 5.32 Å². The van der Waals surface area contributed by atoms with E-state index in [4.69, 9.17) is 0 Å². The fourth-order valence-electron chi connectivity index (χ4n) is 4.66. The maximum absolute atomic E-state index is 13.2. The first-order chi connectivity index (χ1) is 12.6. The van der Waals surface area contributed by atoms with Crippen LogP contribution in [0.15, 0.2) is 30.3 Å². The van der Waals surface area contributed by atoms with Crippen molar-refractivity contribution in [2.24, 2.45) is 11.8 Å². The summed E-state index contributed by atoms with van der Waals surface area (Å²) in [7, 11) is 0. The maximum Gasteiger partial charge on any atom is 0.225 e. The summed E-state index contributed by atoms with van der Waals surface area (Å²) in [6.07, 6.45) is 5.74. The van der Waals surface area contributed by atoms with Crippen molar-refractivity contribution in [3.8, 4) is 0 Å². The Kier molecular flexibility index (Phi) is 6.71. The molecule has 3 rings (SSSR count). The first-order valence-electron chi connectivity index (χ1n) is 10.3. The van der Waals surface area contributed by atoms with E-state index >= 15 is 0 Å². The van der Waals surface area contributed by atoms with Gasteiger partial charge in [0, 0.05) is 37.0 Å². The lowest BCUT2D eigenvalue weighted by atomic mass is 9.77. The lowest BCUT2D eigenvalue weighted by molar-refractivity contribution is -0.138. The molecular weight excluding hydrogens is 324 g/mol. The smallest absolute Gasteiger partial charge is 0.225 e. The van der Waals surface area contributed by atoms with E-state index in [0.29, 0.717) is 11.8 Å². The minimum absolute atomic E-state index is 0.0908. The van der Waals surface area contributed by atoms with Crippen LogP contribution in [0.25, 0.3) is 0 Å². The summed E-state index contributed by atoms with van der Waals surface area (Å²) in [6.45, 7) is 6.06. The number of hydrogen-bond acceptors (Lipinski definition) is 3. The minimum atomic E-state index is 0.0908. The number of aliphatic hydroxyl groups is 1. The molecule has 26 heavy (non-hydrogen) atoms. The predicted molar refractivity (Wildman–Crippen MR) is 105 cm³/mol. The monoisotopic (exact) mass is 358 g/mol. The number of carbonyl (C=O) groups excluding carboxylic acids is 1. The molecule has 1 aromatic carbocycles. The van der Waals surface area contributed by atoms with Gasteiger partial charge in [-0.3, -0.25) is 4.79 Å². The summed E-state index contributed by atoms with van der Waals surface area (Å²) >= 11 is 0. The van der Waals surface area contributed by atoms with Crippen molar-refractivity contribution in [1.82, 2.24) is 10.2 Å². The Morgan fingerprint density at radius 1 is 1.15 bits per heavy atom. The van der Waals surface area contributed by atoms with Crippen molar-refractivity contribution in [3.63, 3.8) is 0 Å². The molecule has 2 N–H and O–H groups in total. The molecule has 4 nitrogen and oxygen atoms in total. The Hall–Kier alpha value is -1.39. The predicted octanol–water partition coefficient (Wildman–Crippen LogP) is 3.17. The van der Waals surface area contributed by atoms with Gasteiger partial charge >= 0.3 is 0 Å². The normalized spacial score (nSPS) is 26.5. The molecule has 1 saturated carbocycles. The van der Waals surface area contributed by atoms with Gasteiger partial charge < -0.3 is 15.3 Å². The van der Waals surface area contributed by atoms with Crippen LogP contribution in [0.5, 0.6) is 0 Å². The van der Waals surface area contributed by atoms with E-state index < -0.39 is 0 Å². The third-order valence-electron chi connectivity index (χ3n) is 5.95. The zero-order chi connectivity index (χ0) is 18.5. The Morgan fingerprint density at radius 3 is 2.46 bits per heavy atom. The molecule has 1 saturated heterocycles. The molecule has 3 atom stereocenters. The fraction of sp³-hybridized carbons (Fsp3) is 0.682. The fourth-order valence-corrected chi connectivity index (χ4v) is 4.66. The number of nitrogens with zero attached hydrogens (tertiary/aromatic N) is 1. The third kappa shape index (κ3) is 4.47. The van der Waals surface area contributed by atoms with Gasteiger partial charge in [-0.15, -0.1) is 0 Å². The summed E-state index contributed by atoms with van der Waals surface area (Å²) in [5.74, 6) is 1.30. The summed E-state index contributed by atoms with van der Waals surface area (Å²) < 4.78 is 0. The molecular formula is C22H34N2O2. The summed E-state index contributed by atoms with van der Waals surface area (Å²) in [6, 6.07) is 10.7. The second kappa shape index (κ2) is 9.01. The van der Waals surface area contributed by atoms with Crippen molar-refractivity contribution in [2.45, 2.75) is 64.0 Å². The van der Waals surface area contributed by atoms with Crippen LogP contribution >= 0.6 is 0 Å². The molecule has 0 aromatic heterocycles. The van der Waals surface area contributed by atoms with Crippen LogP contribution in [-0.4, -0.2) is 47.7 Å². The SMILES string of the molecule is CC(C)CN(C[C@H]1N[C@H](CO)[C@@H]1c1ccccc1)C(=O)C1CCCCC1. The largest absolute Gasteiger partial charge is 0.395 e. The minimum Gasteiger partial charge on any atom is -0.395 e. The van der Waals surface area contributed by atoms with Gasteiger partial charge in [-0.25, -0.2) is 0 Å². The highest BCUT2D eigenvalue weighted by atomic mass is 16.3. The van der Waals surface area contributed by atoms with Gasteiger partial charge in [0.15, 0.2) is 0 Å². The maximum atomic E-state index is 13.2. The number of hydrogen-bond donors (Lipinski definition) is 2. The van der Waals surface area contributed by atoms with Gasteiger partial charge in [-0.1, -0.05) is 63.4 Å². The Morgan fingerprint density at radius 2 is 1.85 bits per heavy atom. The molecule has 1 heterocycles. The molecule has 0 spiro atoms. The van der Waals surface area contributed by atoms with E-state index in [1.165, 1.54) is 24.8 Å². The van der Waals surface area contributed by atoms with Gasteiger partial charge in [0.25, 0.3) is 0 Å². The molecule has 1 amide bonds. The molecule has 1 aliphatic heterocycles. The van der Waals surface area contributed by atoms with E-state index in [-0.39, 0.29) is 30.5 Å². The average Bonchev–Trinajstić information content (AvgIpc) is 2.64. The average molecular weight is 359 g/mol. The zero-order valence-electron chi connectivity index (χ0n) is 16.2. The standard InChI is InChI=1S/C22H34N2O2/c1-16(2)13-24(22(26)18-11-7-4-8-12-18)14-19-21(20(15-25)23-19)17-9-5-3-6-10-17/h3,5-6,9-10,16,18-21,23,25H,4,7-8,11-15H2,1-2H3/t19-,20-,21-/m1/s1. The summed E-state index contributed by atoms with van der Waals surface area (Å²) in [5.41, 5.74) is 1.25. The van der Waals surface area contributed by atoms with E-state index in [0.717, 1.165) is 25.9 Å². The topological polar surface area (TPSA) is 52.6 Å². The number of amides is 1. The number of carbonyl (C=O) groups is 1. The van der Waals surface area contributed by atoms with Gasteiger partial charge in [-0.2, -0.15) is 0 Å². The van der Waals surface area contributed by atoms with Gasteiger partial charge in [0.1, 0.15) is 0 Å². The highest BCUT2D eigenvalue weighted by molar-refractivity contribution is 5.79. The first-order valence-corrected chi connectivity index (χ1v) is 10.3. The summed E-state index contributed by atoms with van der Waals surface area (Å²) in [4.78, 5) is 15.3. The number of aliphatic hydroxyl groups excluding tert-OH is 1. The van der Waals surface area contributed by atoms with Crippen LogP contribution in [0.1, 0.15) is 57.4 Å². The second-order valence-corrected chi connectivity index (χ2v) is 8.47. The Balaban J connectivity index is 1.70. The van der Waals surface area contributed by atoms with E-state index in [1.807, 2.05) is 6.07 Å². The van der Waals surface area contributed by atoms with Gasteiger partial charge in [-0.05, 0) is 24.3 Å². The highest BCUT2D eigenvalue weighted by Crippen LogP contribution is 2.33. The molecule has 1 aromatic rings. The second-order valence-electron chi connectivity index (χ2n) is 8.47. The van der Waals surface area contributed by atoms with Gasteiger partial charge in [0.2, 0.25) is 5.91 Å². The van der Waals surface area contributed by atoms with E-state index in [2.05, 4.69) is 48.3 Å². The van der Waals surface area contributed by atoms with Crippen molar-refractivity contribution < 1.29 is 9.90 Å². The molecule has 1 aliphatic carbocycles. The number of benzene rings is 1. The molecule has 2 aliphatic rings. The molecule has 144 valence electrons. The Bertz CT molecular complexity index is 569. The van der Waals surface area contributed by atoms with Crippen LogP contribution in [0.2, 0.25) is 0 Å². The zero-order valence-corrected chi connectivity index (χ0v) is 16.2. The third-order valence-corrected chi connectivity index (χ3v) is 5.95. The van der Waals surface area contributed by atoms with E-state index in [1.54, 1.807) is 0 Å². The van der Waals surface area contributed by atoms with Crippen LogP contribution in [-0.2, 0) is 4.79 Å². The lowest BCUT2D eigenvalue weighted by Gasteiger charge is -2.48. The van der Waals surface area contributed by atoms with Crippen LogP contribution in [0.4, 0.5) is 0 Å². The van der Waals surface area contributed by atoms with Crippen molar-refractivity contribution in [2.75, 3.05) is 19.7 Å². The van der Waals surface area contributed by atoms with Crippen molar-refractivity contribution >= 4 is 5.91 Å². The molecule has 0 bridgehead atoms. The van der Waals surface area contributed by atoms with Crippen LogP contribution in [0.3, 0.4) is 0 Å². The summed E-state index contributed by atoms with van der Waals surface area (Å²) in [5, 5.41) is 13.2. The lowest BCUT2D eigenvalue weighted by Crippen LogP contribution is -2.65. The quantitative estimate of drug-likeness (QED) is 0.787. The molecule has 0 unspecified atom stereocenters. The van der Waals surface area contributed by atoms with Crippen LogP contribution in [0, 0.1) is 11.8 Å². The Labute approximate surface area is 158 Å². The first kappa shape index (κ1) is 19.4. The number of nitrogens with one attached hydrogen (secondary N) is 1. The molecule has 4 heteroatoms. The van der Waals surface area contributed by atoms with E-state index in [9.17, 15) is 9.90 Å². The van der Waals surface area contributed by atoms with Crippen molar-refractivity contribution in [1.29, 1.82) is 0 Å². The van der Waals surface area contributed by atoms with Gasteiger partial charge in [0.05, 0.1) is 6.61 Å². The molecule has 0 radical (unpaired) electrons. The number of rotatable bonds is 7. The van der Waals surface area contributed by atoms with Crippen molar-refractivity contribution in [3.05, 3.63) is 35.9 Å².